The van der Waals surface area contributed by atoms with Crippen molar-refractivity contribution in [2.75, 3.05) is 22.9 Å². The Hall–Kier alpha value is -2.95. The van der Waals surface area contributed by atoms with Gasteiger partial charge in [-0.15, -0.1) is 0 Å². The van der Waals surface area contributed by atoms with Gasteiger partial charge in [0.2, 0.25) is 5.91 Å². The molecule has 2 aromatic rings. The van der Waals surface area contributed by atoms with Crippen LogP contribution in [0.25, 0.3) is 0 Å². The van der Waals surface area contributed by atoms with Crippen LogP contribution >= 0.6 is 0 Å². The zero-order valence-corrected chi connectivity index (χ0v) is 24.4. The Balaban J connectivity index is 1.51. The fourth-order valence-corrected chi connectivity index (χ4v) is 7.06. The maximum absolute atomic E-state index is 13.5. The number of nitrogens with one attached hydrogen (secondary N) is 1. The van der Waals surface area contributed by atoms with Crippen molar-refractivity contribution in [2.24, 2.45) is 17.3 Å². The number of rotatable bonds is 3. The van der Waals surface area contributed by atoms with Gasteiger partial charge in [-0.3, -0.25) is 19.2 Å². The van der Waals surface area contributed by atoms with Crippen LogP contribution in [-0.4, -0.2) is 53.6 Å². The largest absolute Gasteiger partial charge is 0.350 e. The van der Waals surface area contributed by atoms with E-state index in [0.717, 1.165) is 38.5 Å². The summed E-state index contributed by atoms with van der Waals surface area (Å²) in [5.74, 6) is 0.575. The van der Waals surface area contributed by atoms with Crippen molar-refractivity contribution < 1.29 is 18.0 Å². The molecule has 39 heavy (non-hydrogen) atoms. The number of aromatic nitrogens is 3. The first-order valence-corrected chi connectivity index (χ1v) is 15.4. The quantitative estimate of drug-likeness (QED) is 0.608. The molecule has 0 aromatic carbocycles. The molecule has 2 fully saturated rings. The molecule has 10 nitrogen and oxygen atoms in total. The zero-order chi connectivity index (χ0) is 28.2. The molecule has 0 radical (unpaired) electrons. The number of hydrogen-bond acceptors (Lipinski definition) is 7. The standard InChI is InChI=1S/C28H40N6O4S/c1-27(2,3)13-10-20-11-16-33(26(20)36)22-9-8-21-24(29-22)34-18-19(17-28(34,4)5)7-6-14-32-15-12-23(30-32)39(37,38)31-25(21)35/h8-9,12,15,19-20H,6-7,10-11,13-14,16-18H2,1-5H3,(H,31,35)/t19-,20?/m1/s1. The van der Waals surface area contributed by atoms with E-state index in [-0.39, 0.29) is 33.4 Å². The molecular formula is C28H40N6O4S. The van der Waals surface area contributed by atoms with Crippen molar-refractivity contribution >= 4 is 33.5 Å². The Kier molecular flexibility index (Phi) is 7.01. The van der Waals surface area contributed by atoms with E-state index in [0.29, 0.717) is 37.2 Å². The molecule has 2 saturated heterocycles. The van der Waals surface area contributed by atoms with Crippen LogP contribution < -0.4 is 14.5 Å². The molecule has 3 aliphatic rings. The van der Waals surface area contributed by atoms with Crippen molar-refractivity contribution in [3.8, 4) is 0 Å². The van der Waals surface area contributed by atoms with Crippen molar-refractivity contribution in [3.05, 3.63) is 30.0 Å². The average molecular weight is 557 g/mol. The van der Waals surface area contributed by atoms with Crippen molar-refractivity contribution in [1.82, 2.24) is 19.5 Å². The monoisotopic (exact) mass is 556 g/mol. The fourth-order valence-electron chi connectivity index (χ4n) is 6.15. The third-order valence-corrected chi connectivity index (χ3v) is 9.50. The topological polar surface area (TPSA) is 118 Å². The highest BCUT2D eigenvalue weighted by Crippen LogP contribution is 2.41. The molecule has 5 heterocycles. The fraction of sp³-hybridized carbons (Fsp3) is 0.643. The van der Waals surface area contributed by atoms with E-state index in [2.05, 4.69) is 49.3 Å². The van der Waals surface area contributed by atoms with Gasteiger partial charge in [0.1, 0.15) is 11.6 Å². The highest BCUT2D eigenvalue weighted by atomic mass is 32.2. The Morgan fingerprint density at radius 1 is 1.10 bits per heavy atom. The molecule has 1 unspecified atom stereocenters. The lowest BCUT2D eigenvalue weighted by Gasteiger charge is -2.34. The summed E-state index contributed by atoms with van der Waals surface area (Å²) in [5.41, 5.74) is 0.0289. The van der Waals surface area contributed by atoms with E-state index in [1.54, 1.807) is 27.9 Å². The SMILES string of the molecule is CC(C)(C)CCC1CCN(c2ccc3c(n2)N2C[C@H](CCCn4ccc(n4)S(=O)(=O)NC3=O)CC2(C)C)C1=O. The van der Waals surface area contributed by atoms with Gasteiger partial charge in [0.05, 0.1) is 5.56 Å². The molecule has 11 heteroatoms. The number of hydrogen-bond donors (Lipinski definition) is 1. The summed E-state index contributed by atoms with van der Waals surface area (Å²) >= 11 is 0. The Morgan fingerprint density at radius 2 is 1.87 bits per heavy atom. The molecule has 2 aromatic heterocycles. The van der Waals surface area contributed by atoms with Crippen LogP contribution in [0.1, 0.15) is 83.5 Å². The number of amides is 2. The van der Waals surface area contributed by atoms with E-state index in [9.17, 15) is 18.0 Å². The van der Waals surface area contributed by atoms with Gasteiger partial charge < -0.3 is 4.90 Å². The lowest BCUT2D eigenvalue weighted by atomic mass is 9.86. The van der Waals surface area contributed by atoms with Gasteiger partial charge in [-0.05, 0) is 81.9 Å². The van der Waals surface area contributed by atoms with Crippen molar-refractivity contribution in [2.45, 2.75) is 90.3 Å². The number of aryl methyl sites for hydroxylation is 1. The Labute approximate surface area is 231 Å². The van der Waals surface area contributed by atoms with Gasteiger partial charge in [0.15, 0.2) is 5.03 Å². The first-order chi connectivity index (χ1) is 18.2. The van der Waals surface area contributed by atoms with Crippen LogP contribution in [0.2, 0.25) is 0 Å². The molecule has 2 atom stereocenters. The molecule has 212 valence electrons. The minimum Gasteiger partial charge on any atom is -0.350 e. The molecule has 2 amide bonds. The summed E-state index contributed by atoms with van der Waals surface area (Å²) < 4.78 is 29.8. The lowest BCUT2D eigenvalue weighted by molar-refractivity contribution is -0.120. The van der Waals surface area contributed by atoms with Gasteiger partial charge in [0.25, 0.3) is 15.9 Å². The zero-order valence-electron chi connectivity index (χ0n) is 23.6. The second kappa shape index (κ2) is 9.91. The number of sulfonamides is 1. The van der Waals surface area contributed by atoms with Crippen molar-refractivity contribution in [1.29, 1.82) is 0 Å². The third-order valence-electron chi connectivity index (χ3n) is 8.27. The minimum absolute atomic E-state index is 0.0412. The van der Waals surface area contributed by atoms with E-state index in [4.69, 9.17) is 4.98 Å². The van der Waals surface area contributed by atoms with Crippen LogP contribution in [0.4, 0.5) is 11.6 Å². The predicted molar refractivity (Wildman–Crippen MR) is 149 cm³/mol. The Bertz CT molecular complexity index is 1380. The van der Waals surface area contributed by atoms with E-state index < -0.39 is 15.9 Å². The van der Waals surface area contributed by atoms with Gasteiger partial charge in [-0.2, -0.15) is 13.5 Å². The number of carbonyl (C=O) groups excluding carboxylic acids is 2. The number of pyridine rings is 1. The summed E-state index contributed by atoms with van der Waals surface area (Å²) in [6, 6.07) is 4.67. The summed E-state index contributed by atoms with van der Waals surface area (Å²) in [6.07, 6.45) is 6.93. The van der Waals surface area contributed by atoms with Crippen LogP contribution in [0.15, 0.2) is 29.4 Å². The van der Waals surface area contributed by atoms with E-state index in [1.807, 2.05) is 0 Å². The normalized spacial score (nSPS) is 24.8. The third kappa shape index (κ3) is 5.69. The maximum Gasteiger partial charge on any atom is 0.283 e. The Morgan fingerprint density at radius 3 is 2.62 bits per heavy atom. The molecule has 0 saturated carbocycles. The van der Waals surface area contributed by atoms with Crippen LogP contribution in [0.5, 0.6) is 0 Å². The highest BCUT2D eigenvalue weighted by Gasteiger charge is 2.42. The molecule has 4 bridgehead atoms. The second-order valence-corrected chi connectivity index (χ2v) is 14.7. The maximum atomic E-state index is 13.5. The van der Waals surface area contributed by atoms with E-state index >= 15 is 0 Å². The van der Waals surface area contributed by atoms with Crippen molar-refractivity contribution in [3.63, 3.8) is 0 Å². The first-order valence-electron chi connectivity index (χ1n) is 13.9. The number of fused-ring (bicyclic) bond motifs is 6. The smallest absolute Gasteiger partial charge is 0.283 e. The predicted octanol–water partition coefficient (Wildman–Crippen LogP) is 3.97. The molecular weight excluding hydrogens is 516 g/mol. The summed E-state index contributed by atoms with van der Waals surface area (Å²) in [4.78, 5) is 35.6. The lowest BCUT2D eigenvalue weighted by Crippen LogP contribution is -2.41. The van der Waals surface area contributed by atoms with Crippen LogP contribution in [0, 0.1) is 17.3 Å². The van der Waals surface area contributed by atoms with Gasteiger partial charge in [-0.25, -0.2) is 9.71 Å². The number of anilines is 2. The molecule has 1 N–H and O–H groups in total. The van der Waals surface area contributed by atoms with Crippen LogP contribution in [-0.2, 0) is 21.4 Å². The number of nitrogens with zero attached hydrogens (tertiary/aromatic N) is 5. The van der Waals surface area contributed by atoms with Gasteiger partial charge in [0, 0.05) is 37.3 Å². The summed E-state index contributed by atoms with van der Waals surface area (Å²) in [5, 5.41) is 4.00. The molecule has 5 rings (SSSR count). The molecule has 0 aliphatic carbocycles. The van der Waals surface area contributed by atoms with Gasteiger partial charge >= 0.3 is 0 Å². The second-order valence-electron chi connectivity index (χ2n) is 13.1. The molecule has 0 spiro atoms. The average Bonchev–Trinajstić information content (AvgIpc) is 3.53. The van der Waals surface area contributed by atoms with E-state index in [1.165, 1.54) is 6.07 Å². The minimum atomic E-state index is -4.16. The molecule has 3 aliphatic heterocycles. The van der Waals surface area contributed by atoms with Crippen LogP contribution in [0.3, 0.4) is 0 Å². The van der Waals surface area contributed by atoms with Gasteiger partial charge in [-0.1, -0.05) is 20.8 Å². The summed E-state index contributed by atoms with van der Waals surface area (Å²) in [7, 11) is -4.16. The highest BCUT2D eigenvalue weighted by molar-refractivity contribution is 7.90. The first kappa shape index (κ1) is 27.6. The summed E-state index contributed by atoms with van der Waals surface area (Å²) in [6.45, 7) is 12.7. The number of carbonyl (C=O) groups is 2.